The molecule has 0 aliphatic heterocycles. The van der Waals surface area contributed by atoms with Gasteiger partial charge in [-0.25, -0.2) is 4.68 Å². The molecule has 0 bridgehead atoms. The zero-order chi connectivity index (χ0) is 12.5. The van der Waals surface area contributed by atoms with Crippen molar-refractivity contribution in [1.29, 1.82) is 0 Å². The first-order chi connectivity index (χ1) is 8.75. The highest BCUT2D eigenvalue weighted by molar-refractivity contribution is 6.32. The summed E-state index contributed by atoms with van der Waals surface area (Å²) in [5.74, 6) is 0.504. The molecule has 0 radical (unpaired) electrons. The van der Waals surface area contributed by atoms with Gasteiger partial charge in [0.25, 0.3) is 0 Å². The molecule has 90 valence electrons. The van der Waals surface area contributed by atoms with Crippen molar-refractivity contribution in [3.05, 3.63) is 59.2 Å². The Hall–Kier alpha value is -2.00. The largest absolute Gasteiger partial charge is 0.383 e. The van der Waals surface area contributed by atoms with E-state index in [9.17, 15) is 0 Å². The summed E-state index contributed by atoms with van der Waals surface area (Å²) in [5, 5.41) is 7.10. The van der Waals surface area contributed by atoms with Gasteiger partial charge in [0, 0.05) is 0 Å². The SMILES string of the molecule is Nc1c(Cl)cnn1Cc1cccc2ccccc12. The molecule has 1 heterocycles. The van der Waals surface area contributed by atoms with Gasteiger partial charge in [0.1, 0.15) is 10.8 Å². The van der Waals surface area contributed by atoms with Crippen molar-refractivity contribution in [2.24, 2.45) is 0 Å². The van der Waals surface area contributed by atoms with Gasteiger partial charge in [-0.15, -0.1) is 0 Å². The van der Waals surface area contributed by atoms with E-state index in [2.05, 4.69) is 29.4 Å². The van der Waals surface area contributed by atoms with Crippen LogP contribution in [0.25, 0.3) is 10.8 Å². The van der Waals surface area contributed by atoms with Crippen molar-refractivity contribution in [1.82, 2.24) is 9.78 Å². The summed E-state index contributed by atoms with van der Waals surface area (Å²) >= 11 is 5.91. The number of anilines is 1. The molecule has 2 N–H and O–H groups in total. The minimum Gasteiger partial charge on any atom is -0.383 e. The third-order valence-electron chi connectivity index (χ3n) is 3.03. The van der Waals surface area contributed by atoms with Gasteiger partial charge >= 0.3 is 0 Å². The molecule has 3 aromatic rings. The molecule has 1 aromatic heterocycles. The van der Waals surface area contributed by atoms with Gasteiger partial charge in [-0.2, -0.15) is 5.10 Å². The fourth-order valence-corrected chi connectivity index (χ4v) is 2.23. The van der Waals surface area contributed by atoms with Gasteiger partial charge in [-0.1, -0.05) is 54.1 Å². The Labute approximate surface area is 110 Å². The lowest BCUT2D eigenvalue weighted by atomic mass is 10.0. The number of hydrogen-bond acceptors (Lipinski definition) is 2. The molecule has 18 heavy (non-hydrogen) atoms. The Bertz CT molecular complexity index is 698. The Morgan fingerprint density at radius 1 is 1.11 bits per heavy atom. The second-order valence-electron chi connectivity index (χ2n) is 4.17. The zero-order valence-corrected chi connectivity index (χ0v) is 10.4. The minimum absolute atomic E-state index is 0.496. The lowest BCUT2D eigenvalue weighted by Gasteiger charge is -2.08. The minimum atomic E-state index is 0.496. The second kappa shape index (κ2) is 4.35. The van der Waals surface area contributed by atoms with Crippen molar-refractivity contribution in [3.63, 3.8) is 0 Å². The van der Waals surface area contributed by atoms with Gasteiger partial charge in [-0.3, -0.25) is 0 Å². The first-order valence-corrected chi connectivity index (χ1v) is 6.07. The van der Waals surface area contributed by atoms with Crippen LogP contribution in [-0.2, 0) is 6.54 Å². The van der Waals surface area contributed by atoms with E-state index < -0.39 is 0 Å². The molecular weight excluding hydrogens is 246 g/mol. The summed E-state index contributed by atoms with van der Waals surface area (Å²) in [5.41, 5.74) is 7.04. The lowest BCUT2D eigenvalue weighted by molar-refractivity contribution is 0.700. The normalized spacial score (nSPS) is 10.9. The standard InChI is InChI=1S/C14H12ClN3/c15-13-8-17-18(14(13)16)9-11-6-3-5-10-4-1-2-7-12(10)11/h1-8H,9,16H2. The summed E-state index contributed by atoms with van der Waals surface area (Å²) in [6.45, 7) is 0.625. The molecule has 4 heteroatoms. The maximum atomic E-state index is 5.91. The molecule has 3 rings (SSSR count). The van der Waals surface area contributed by atoms with Crippen LogP contribution in [0.2, 0.25) is 5.02 Å². The Morgan fingerprint density at radius 2 is 1.89 bits per heavy atom. The smallest absolute Gasteiger partial charge is 0.140 e. The Balaban J connectivity index is 2.08. The van der Waals surface area contributed by atoms with Crippen LogP contribution in [0.3, 0.4) is 0 Å². The molecule has 0 unspecified atom stereocenters. The second-order valence-corrected chi connectivity index (χ2v) is 4.58. The number of nitrogens with two attached hydrogens (primary N) is 1. The number of halogens is 1. The first-order valence-electron chi connectivity index (χ1n) is 5.69. The third-order valence-corrected chi connectivity index (χ3v) is 3.32. The molecule has 3 nitrogen and oxygen atoms in total. The van der Waals surface area contributed by atoms with E-state index in [1.54, 1.807) is 10.9 Å². The van der Waals surface area contributed by atoms with Crippen LogP contribution in [0.1, 0.15) is 5.56 Å². The van der Waals surface area contributed by atoms with Gasteiger partial charge in [0.2, 0.25) is 0 Å². The van der Waals surface area contributed by atoms with Crippen molar-refractivity contribution in [2.75, 3.05) is 5.73 Å². The highest BCUT2D eigenvalue weighted by Gasteiger charge is 2.07. The summed E-state index contributed by atoms with van der Waals surface area (Å²) < 4.78 is 1.71. The molecule has 0 amide bonds. The Morgan fingerprint density at radius 3 is 2.67 bits per heavy atom. The van der Waals surface area contributed by atoms with E-state index in [1.807, 2.05) is 18.2 Å². The maximum absolute atomic E-state index is 5.91. The molecule has 0 saturated carbocycles. The summed E-state index contributed by atoms with van der Waals surface area (Å²) in [7, 11) is 0. The van der Waals surface area contributed by atoms with Crippen LogP contribution in [0.15, 0.2) is 48.7 Å². The number of hydrogen-bond donors (Lipinski definition) is 1. The maximum Gasteiger partial charge on any atom is 0.140 e. The van der Waals surface area contributed by atoms with Crippen molar-refractivity contribution < 1.29 is 0 Å². The van der Waals surface area contributed by atoms with Crippen molar-refractivity contribution in [3.8, 4) is 0 Å². The van der Waals surface area contributed by atoms with Gasteiger partial charge < -0.3 is 5.73 Å². The third kappa shape index (κ3) is 1.83. The van der Waals surface area contributed by atoms with Gasteiger partial charge in [-0.05, 0) is 16.3 Å². The highest BCUT2D eigenvalue weighted by atomic mass is 35.5. The Kier molecular flexibility index (Phi) is 2.68. The van der Waals surface area contributed by atoms with Crippen LogP contribution in [-0.4, -0.2) is 9.78 Å². The number of nitrogen functional groups attached to an aromatic ring is 1. The van der Waals surface area contributed by atoms with Crippen molar-refractivity contribution in [2.45, 2.75) is 6.54 Å². The van der Waals surface area contributed by atoms with E-state index in [-0.39, 0.29) is 0 Å². The van der Waals surface area contributed by atoms with Crippen molar-refractivity contribution >= 4 is 28.2 Å². The molecule has 0 atom stereocenters. The predicted molar refractivity (Wildman–Crippen MR) is 74.7 cm³/mol. The number of nitrogens with zero attached hydrogens (tertiary/aromatic N) is 2. The quantitative estimate of drug-likeness (QED) is 0.765. The molecule has 0 spiro atoms. The predicted octanol–water partition coefficient (Wildman–Crippen LogP) is 3.32. The van der Waals surface area contributed by atoms with E-state index in [4.69, 9.17) is 17.3 Å². The van der Waals surface area contributed by atoms with E-state index in [1.165, 1.54) is 16.3 Å². The molecular formula is C14H12ClN3. The molecule has 0 aliphatic carbocycles. The van der Waals surface area contributed by atoms with Gasteiger partial charge in [0.05, 0.1) is 12.7 Å². The summed E-state index contributed by atoms with van der Waals surface area (Å²) in [6.07, 6.45) is 1.57. The molecule has 0 fully saturated rings. The van der Waals surface area contributed by atoms with Crippen LogP contribution in [0, 0.1) is 0 Å². The van der Waals surface area contributed by atoms with E-state index in [0.717, 1.165) is 0 Å². The molecule has 2 aromatic carbocycles. The number of fused-ring (bicyclic) bond motifs is 1. The average molecular weight is 258 g/mol. The van der Waals surface area contributed by atoms with E-state index in [0.29, 0.717) is 17.4 Å². The average Bonchev–Trinajstić information content (AvgIpc) is 2.71. The summed E-state index contributed by atoms with van der Waals surface area (Å²) in [4.78, 5) is 0. The van der Waals surface area contributed by atoms with Crippen LogP contribution >= 0.6 is 11.6 Å². The first kappa shape index (κ1) is 11.1. The highest BCUT2D eigenvalue weighted by Crippen LogP contribution is 2.22. The lowest BCUT2D eigenvalue weighted by Crippen LogP contribution is -2.06. The summed E-state index contributed by atoms with van der Waals surface area (Å²) in [6, 6.07) is 14.5. The molecule has 0 saturated heterocycles. The monoisotopic (exact) mass is 257 g/mol. The number of aromatic nitrogens is 2. The topological polar surface area (TPSA) is 43.8 Å². The van der Waals surface area contributed by atoms with Crippen LogP contribution in [0.4, 0.5) is 5.82 Å². The zero-order valence-electron chi connectivity index (χ0n) is 9.68. The number of rotatable bonds is 2. The number of benzene rings is 2. The fourth-order valence-electron chi connectivity index (χ4n) is 2.09. The van der Waals surface area contributed by atoms with Crippen LogP contribution in [0.5, 0.6) is 0 Å². The fraction of sp³-hybridized carbons (Fsp3) is 0.0714. The van der Waals surface area contributed by atoms with Crippen LogP contribution < -0.4 is 5.73 Å². The van der Waals surface area contributed by atoms with E-state index >= 15 is 0 Å². The molecule has 0 aliphatic rings. The van der Waals surface area contributed by atoms with Gasteiger partial charge in [0.15, 0.2) is 0 Å².